The van der Waals surface area contributed by atoms with Gasteiger partial charge in [0.15, 0.2) is 12.6 Å². The molecule has 0 aromatic heterocycles. The van der Waals surface area contributed by atoms with Crippen LogP contribution in [0, 0.1) is 5.92 Å². The van der Waals surface area contributed by atoms with E-state index in [1.54, 1.807) is 6.07 Å². The second kappa shape index (κ2) is 11.4. The zero-order chi connectivity index (χ0) is 18.6. The molecule has 7 nitrogen and oxygen atoms in total. The number of aliphatic imine (C=N–C) groups is 1. The van der Waals surface area contributed by atoms with Gasteiger partial charge in [-0.25, -0.2) is 4.99 Å². The molecule has 0 bridgehead atoms. The summed E-state index contributed by atoms with van der Waals surface area (Å²) < 4.78 is 11.0. The Labute approximate surface area is 155 Å². The standard InChI is InChI=1S/C19H30N4O3/c1-2-21-19(22-9-4-10-25-13-15-7-8-15)23-12-16-5-3-6-17(11-16)26-14-18(20)24/h3,5-6,11,15H,2,4,7-10,12-14H2,1H3,(H2,20,24)(H2,21,22,23). The molecule has 1 saturated carbocycles. The van der Waals surface area contributed by atoms with E-state index in [-0.39, 0.29) is 6.61 Å². The fourth-order valence-electron chi connectivity index (χ4n) is 2.32. The van der Waals surface area contributed by atoms with Crippen molar-refractivity contribution in [1.29, 1.82) is 0 Å². The molecule has 4 N–H and O–H groups in total. The number of nitrogens with zero attached hydrogens (tertiary/aromatic N) is 1. The van der Waals surface area contributed by atoms with Gasteiger partial charge in [0.1, 0.15) is 5.75 Å². The number of nitrogens with one attached hydrogen (secondary N) is 2. The lowest BCUT2D eigenvalue weighted by atomic mass is 10.2. The normalized spacial score (nSPS) is 14.1. The number of primary amides is 1. The van der Waals surface area contributed by atoms with Gasteiger partial charge in [-0.1, -0.05) is 12.1 Å². The van der Waals surface area contributed by atoms with Gasteiger partial charge in [0.05, 0.1) is 6.54 Å². The van der Waals surface area contributed by atoms with Crippen molar-refractivity contribution in [2.24, 2.45) is 16.6 Å². The second-order valence-corrected chi connectivity index (χ2v) is 6.40. The van der Waals surface area contributed by atoms with Crippen LogP contribution in [0.1, 0.15) is 31.7 Å². The van der Waals surface area contributed by atoms with Crippen molar-refractivity contribution in [3.8, 4) is 5.75 Å². The van der Waals surface area contributed by atoms with Gasteiger partial charge in [-0.2, -0.15) is 0 Å². The van der Waals surface area contributed by atoms with E-state index in [0.29, 0.717) is 12.3 Å². The molecule has 0 saturated heterocycles. The van der Waals surface area contributed by atoms with Crippen LogP contribution in [0.4, 0.5) is 0 Å². The minimum atomic E-state index is -0.492. The number of carbonyl (C=O) groups excluding carboxylic acids is 1. The summed E-state index contributed by atoms with van der Waals surface area (Å²) in [6, 6.07) is 7.50. The first-order valence-electron chi connectivity index (χ1n) is 9.27. The minimum absolute atomic E-state index is 0.125. The summed E-state index contributed by atoms with van der Waals surface area (Å²) in [6.45, 7) is 5.73. The van der Waals surface area contributed by atoms with Crippen LogP contribution in [0.5, 0.6) is 5.75 Å². The zero-order valence-electron chi connectivity index (χ0n) is 15.5. The van der Waals surface area contributed by atoms with Gasteiger partial charge in [-0.05, 0) is 49.8 Å². The predicted octanol–water partition coefficient (Wildman–Crippen LogP) is 1.42. The lowest BCUT2D eigenvalue weighted by molar-refractivity contribution is -0.119. The summed E-state index contributed by atoms with van der Waals surface area (Å²) >= 11 is 0. The molecule has 1 aromatic carbocycles. The summed E-state index contributed by atoms with van der Waals surface area (Å²) in [6.07, 6.45) is 3.60. The minimum Gasteiger partial charge on any atom is -0.484 e. The maximum atomic E-state index is 10.8. The van der Waals surface area contributed by atoms with E-state index in [9.17, 15) is 4.79 Å². The fourth-order valence-corrected chi connectivity index (χ4v) is 2.32. The highest BCUT2D eigenvalue weighted by molar-refractivity contribution is 5.79. The van der Waals surface area contributed by atoms with Crippen molar-refractivity contribution in [3.63, 3.8) is 0 Å². The number of nitrogens with two attached hydrogens (primary N) is 1. The van der Waals surface area contributed by atoms with Crippen LogP contribution in [-0.4, -0.2) is 44.8 Å². The third-order valence-corrected chi connectivity index (χ3v) is 3.85. The third kappa shape index (κ3) is 8.71. The topological polar surface area (TPSA) is 98.0 Å². The van der Waals surface area contributed by atoms with Crippen molar-refractivity contribution < 1.29 is 14.3 Å². The van der Waals surface area contributed by atoms with Crippen molar-refractivity contribution in [1.82, 2.24) is 10.6 Å². The number of carbonyl (C=O) groups is 1. The molecule has 0 aliphatic heterocycles. The average molecular weight is 362 g/mol. The van der Waals surface area contributed by atoms with E-state index in [1.807, 2.05) is 25.1 Å². The van der Waals surface area contributed by atoms with Crippen molar-refractivity contribution in [2.45, 2.75) is 32.7 Å². The lowest BCUT2D eigenvalue weighted by Crippen LogP contribution is -2.38. The van der Waals surface area contributed by atoms with Crippen LogP contribution in [0.15, 0.2) is 29.3 Å². The van der Waals surface area contributed by atoms with Crippen molar-refractivity contribution in [2.75, 3.05) is 32.9 Å². The van der Waals surface area contributed by atoms with Gasteiger partial charge in [0, 0.05) is 26.3 Å². The number of hydrogen-bond acceptors (Lipinski definition) is 4. The van der Waals surface area contributed by atoms with Gasteiger partial charge < -0.3 is 25.8 Å². The maximum Gasteiger partial charge on any atom is 0.255 e. The molecule has 0 unspecified atom stereocenters. The number of amides is 1. The summed E-state index contributed by atoms with van der Waals surface area (Å²) in [5.41, 5.74) is 6.09. The Balaban J connectivity index is 1.73. The van der Waals surface area contributed by atoms with Crippen LogP contribution in [-0.2, 0) is 16.1 Å². The summed E-state index contributed by atoms with van der Waals surface area (Å²) in [5, 5.41) is 6.55. The second-order valence-electron chi connectivity index (χ2n) is 6.40. The average Bonchev–Trinajstić information content (AvgIpc) is 3.45. The first-order chi connectivity index (χ1) is 12.7. The van der Waals surface area contributed by atoms with Gasteiger partial charge >= 0.3 is 0 Å². The molecular formula is C19H30N4O3. The Morgan fingerprint density at radius 2 is 2.19 bits per heavy atom. The molecule has 1 aliphatic rings. The quantitative estimate of drug-likeness (QED) is 0.297. The van der Waals surface area contributed by atoms with Gasteiger partial charge in [0.25, 0.3) is 5.91 Å². The Morgan fingerprint density at radius 1 is 1.35 bits per heavy atom. The molecule has 1 fully saturated rings. The van der Waals surface area contributed by atoms with E-state index < -0.39 is 5.91 Å². The van der Waals surface area contributed by atoms with E-state index in [2.05, 4.69) is 15.6 Å². The van der Waals surface area contributed by atoms with E-state index >= 15 is 0 Å². The molecular weight excluding hydrogens is 332 g/mol. The predicted molar refractivity (Wildman–Crippen MR) is 102 cm³/mol. The summed E-state index contributed by atoms with van der Waals surface area (Å²) in [7, 11) is 0. The highest BCUT2D eigenvalue weighted by Crippen LogP contribution is 2.28. The Morgan fingerprint density at radius 3 is 2.92 bits per heavy atom. The monoisotopic (exact) mass is 362 g/mol. The highest BCUT2D eigenvalue weighted by Gasteiger charge is 2.20. The Hall–Kier alpha value is -2.28. The number of ether oxygens (including phenoxy) is 2. The highest BCUT2D eigenvalue weighted by atomic mass is 16.5. The Kier molecular flexibility index (Phi) is 8.75. The largest absolute Gasteiger partial charge is 0.484 e. The first kappa shape index (κ1) is 20.0. The SMILES string of the molecule is CCNC(=NCc1cccc(OCC(N)=O)c1)NCCCOCC1CC1. The van der Waals surface area contributed by atoms with E-state index in [0.717, 1.165) is 50.2 Å². The molecule has 26 heavy (non-hydrogen) atoms. The van der Waals surface area contributed by atoms with Crippen molar-refractivity contribution >= 4 is 11.9 Å². The van der Waals surface area contributed by atoms with Crippen LogP contribution >= 0.6 is 0 Å². The number of hydrogen-bond donors (Lipinski definition) is 3. The number of guanidine groups is 1. The molecule has 0 radical (unpaired) electrons. The van der Waals surface area contributed by atoms with Crippen molar-refractivity contribution in [3.05, 3.63) is 29.8 Å². The van der Waals surface area contributed by atoms with Gasteiger partial charge in [-0.15, -0.1) is 0 Å². The molecule has 7 heteroatoms. The molecule has 0 heterocycles. The molecule has 2 rings (SSSR count). The smallest absolute Gasteiger partial charge is 0.255 e. The number of rotatable bonds is 12. The van der Waals surface area contributed by atoms with Gasteiger partial charge in [0.2, 0.25) is 0 Å². The van der Waals surface area contributed by atoms with Crippen LogP contribution in [0.3, 0.4) is 0 Å². The summed E-state index contributed by atoms with van der Waals surface area (Å²) in [4.78, 5) is 15.4. The first-order valence-corrected chi connectivity index (χ1v) is 9.27. The fraction of sp³-hybridized carbons (Fsp3) is 0.579. The lowest BCUT2D eigenvalue weighted by Gasteiger charge is -2.11. The number of benzene rings is 1. The molecule has 1 aliphatic carbocycles. The summed E-state index contributed by atoms with van der Waals surface area (Å²) in [5.74, 6) is 1.71. The third-order valence-electron chi connectivity index (χ3n) is 3.85. The molecule has 1 aromatic rings. The van der Waals surface area contributed by atoms with Gasteiger partial charge in [-0.3, -0.25) is 4.79 Å². The molecule has 144 valence electrons. The van der Waals surface area contributed by atoms with Crippen LogP contribution in [0.25, 0.3) is 0 Å². The van der Waals surface area contributed by atoms with E-state index in [4.69, 9.17) is 15.2 Å². The van der Waals surface area contributed by atoms with Crippen LogP contribution < -0.4 is 21.1 Å². The Bertz CT molecular complexity index is 588. The molecule has 0 spiro atoms. The zero-order valence-corrected chi connectivity index (χ0v) is 15.5. The van der Waals surface area contributed by atoms with Crippen LogP contribution in [0.2, 0.25) is 0 Å². The molecule has 1 amide bonds. The van der Waals surface area contributed by atoms with E-state index in [1.165, 1.54) is 12.8 Å². The maximum absolute atomic E-state index is 10.8. The molecule has 0 atom stereocenters.